The molecule has 180 valence electrons. The molecule has 11 nitrogen and oxygen atoms in total. The molecule has 0 aromatic carbocycles. The molecule has 2 saturated heterocycles. The molecule has 0 bridgehead atoms. The molecule has 0 radical (unpaired) electrons. The maximum Gasteiger partial charge on any atom is 0.279 e. The lowest BCUT2D eigenvalue weighted by molar-refractivity contribution is -0.219. The lowest BCUT2D eigenvalue weighted by Crippen LogP contribution is -2.40. The van der Waals surface area contributed by atoms with Crippen LogP contribution in [0, 0.1) is 0 Å². The highest BCUT2D eigenvalue weighted by Gasteiger charge is 2.48. The molecule has 0 aliphatic carbocycles. The molecule has 12 heteroatoms. The second-order valence-electron chi connectivity index (χ2n) is 8.37. The molecule has 4 amide bonds. The third kappa shape index (κ3) is 9.01. The van der Waals surface area contributed by atoms with Crippen molar-refractivity contribution in [3.63, 3.8) is 0 Å². The Morgan fingerprint density at radius 3 is 1.52 bits per heavy atom. The summed E-state index contributed by atoms with van der Waals surface area (Å²) < 4.78 is 27.0. The van der Waals surface area contributed by atoms with Gasteiger partial charge in [0.05, 0.1) is 24.7 Å². The standard InChI is InChI=1S/C9H15NO6S.C8H13NO3.C2H6/c1-9(2,3)16-10-7(11)5-6(8(10)12)17(13,14)15-4;1-8(2,3)12-9-6(10)4-5-7(9)11;1-2/h6H,5H2,1-4H3;4-5H2,1-3H3;1-2H3. The van der Waals surface area contributed by atoms with E-state index < -0.39 is 44.8 Å². The van der Waals surface area contributed by atoms with Gasteiger partial charge in [-0.3, -0.25) is 33.0 Å². The van der Waals surface area contributed by atoms with Crippen molar-refractivity contribution in [1.29, 1.82) is 0 Å². The number of nitrogens with zero attached hydrogens (tertiary/aromatic N) is 2. The van der Waals surface area contributed by atoms with Gasteiger partial charge in [-0.15, -0.1) is 0 Å². The Morgan fingerprint density at radius 2 is 1.16 bits per heavy atom. The van der Waals surface area contributed by atoms with Gasteiger partial charge in [0.1, 0.15) is 0 Å². The fourth-order valence-electron chi connectivity index (χ4n) is 2.23. The number of carbonyl (C=O) groups excluding carboxylic acids is 4. The van der Waals surface area contributed by atoms with Crippen LogP contribution in [0.2, 0.25) is 0 Å². The molecule has 0 spiro atoms. The van der Waals surface area contributed by atoms with E-state index in [0.29, 0.717) is 5.06 Å². The van der Waals surface area contributed by atoms with Gasteiger partial charge in [-0.1, -0.05) is 13.8 Å². The smallest absolute Gasteiger partial charge is 0.273 e. The van der Waals surface area contributed by atoms with E-state index in [9.17, 15) is 27.6 Å². The van der Waals surface area contributed by atoms with Gasteiger partial charge in [0.2, 0.25) is 0 Å². The lowest BCUT2D eigenvalue weighted by Gasteiger charge is -2.24. The van der Waals surface area contributed by atoms with Gasteiger partial charge in [0.25, 0.3) is 33.7 Å². The molecular weight excluding hydrogens is 432 g/mol. The Morgan fingerprint density at radius 1 is 0.774 bits per heavy atom. The summed E-state index contributed by atoms with van der Waals surface area (Å²) in [6, 6.07) is 0. The summed E-state index contributed by atoms with van der Waals surface area (Å²) in [6.45, 7) is 14.3. The zero-order valence-corrected chi connectivity index (χ0v) is 20.5. The third-order valence-electron chi connectivity index (χ3n) is 3.38. The monoisotopic (exact) mass is 466 g/mol. The highest BCUT2D eigenvalue weighted by atomic mass is 32.2. The predicted octanol–water partition coefficient (Wildman–Crippen LogP) is 1.71. The quantitative estimate of drug-likeness (QED) is 0.448. The maximum atomic E-state index is 11.7. The van der Waals surface area contributed by atoms with Crippen LogP contribution in [0.15, 0.2) is 0 Å². The Hall–Kier alpha value is -1.89. The van der Waals surface area contributed by atoms with Crippen LogP contribution in [0.4, 0.5) is 0 Å². The van der Waals surface area contributed by atoms with Crippen molar-refractivity contribution in [2.24, 2.45) is 0 Å². The number of hydrogen-bond acceptors (Lipinski definition) is 9. The highest BCUT2D eigenvalue weighted by Crippen LogP contribution is 2.24. The van der Waals surface area contributed by atoms with E-state index in [1.54, 1.807) is 41.5 Å². The van der Waals surface area contributed by atoms with E-state index in [0.717, 1.165) is 12.2 Å². The van der Waals surface area contributed by atoms with Crippen molar-refractivity contribution >= 4 is 33.7 Å². The minimum Gasteiger partial charge on any atom is -0.273 e. The zero-order valence-electron chi connectivity index (χ0n) is 19.7. The van der Waals surface area contributed by atoms with Gasteiger partial charge in [-0.2, -0.15) is 18.5 Å². The lowest BCUT2D eigenvalue weighted by atomic mass is 10.2. The Balaban J connectivity index is 0.000000564. The second-order valence-corrected chi connectivity index (χ2v) is 10.3. The molecule has 2 fully saturated rings. The Labute approximate surface area is 184 Å². The molecule has 0 saturated carbocycles. The molecule has 2 rings (SSSR count). The molecule has 2 aliphatic rings. The molecule has 0 N–H and O–H groups in total. The minimum absolute atomic E-state index is 0.241. The molecule has 0 aromatic heterocycles. The van der Waals surface area contributed by atoms with Crippen molar-refractivity contribution in [1.82, 2.24) is 10.1 Å². The van der Waals surface area contributed by atoms with Crippen LogP contribution in [0.25, 0.3) is 0 Å². The number of amides is 4. The largest absolute Gasteiger partial charge is 0.279 e. The van der Waals surface area contributed by atoms with Crippen molar-refractivity contribution in [2.75, 3.05) is 7.11 Å². The Bertz CT molecular complexity index is 763. The number of rotatable bonds is 4. The van der Waals surface area contributed by atoms with E-state index in [1.165, 1.54) is 0 Å². The first-order valence-electron chi connectivity index (χ1n) is 9.89. The molecule has 1 unspecified atom stereocenters. The summed E-state index contributed by atoms with van der Waals surface area (Å²) in [5, 5.41) is -0.135. The van der Waals surface area contributed by atoms with Crippen molar-refractivity contribution in [3.8, 4) is 0 Å². The normalized spacial score (nSPS) is 19.8. The molecule has 1 atom stereocenters. The topological polar surface area (TPSA) is 137 Å². The van der Waals surface area contributed by atoms with Gasteiger partial charge in [-0.25, -0.2) is 0 Å². The van der Waals surface area contributed by atoms with Gasteiger partial charge in [-0.05, 0) is 41.5 Å². The fraction of sp³-hybridized carbons (Fsp3) is 0.789. The van der Waals surface area contributed by atoms with Crippen molar-refractivity contribution in [2.45, 2.75) is 91.1 Å². The van der Waals surface area contributed by atoms with Crippen LogP contribution < -0.4 is 0 Å². The van der Waals surface area contributed by atoms with Gasteiger partial charge in [0, 0.05) is 12.8 Å². The van der Waals surface area contributed by atoms with Crippen LogP contribution in [0.3, 0.4) is 0 Å². The Kier molecular flexibility index (Phi) is 10.4. The average molecular weight is 467 g/mol. The van der Waals surface area contributed by atoms with Crippen LogP contribution in [-0.4, -0.2) is 65.7 Å². The third-order valence-corrected chi connectivity index (χ3v) is 4.91. The molecular formula is C19H34N2O9S. The van der Waals surface area contributed by atoms with Crippen LogP contribution in [0.1, 0.15) is 74.7 Å². The van der Waals surface area contributed by atoms with Crippen LogP contribution in [0.5, 0.6) is 0 Å². The predicted molar refractivity (Wildman–Crippen MR) is 110 cm³/mol. The summed E-state index contributed by atoms with van der Waals surface area (Å²) >= 11 is 0. The first-order chi connectivity index (χ1) is 14.0. The second kappa shape index (κ2) is 11.1. The van der Waals surface area contributed by atoms with Crippen molar-refractivity contribution in [3.05, 3.63) is 0 Å². The van der Waals surface area contributed by atoms with Gasteiger partial charge >= 0.3 is 0 Å². The molecule has 31 heavy (non-hydrogen) atoms. The number of hydroxylamine groups is 4. The number of carbonyl (C=O) groups is 4. The SMILES string of the molecule is CC.CC(C)(C)ON1C(=O)CCC1=O.COS(=O)(=O)C1CC(=O)N(OC(C)(C)C)C1=O. The minimum atomic E-state index is -4.06. The van der Waals surface area contributed by atoms with E-state index in [1.807, 2.05) is 13.8 Å². The van der Waals surface area contributed by atoms with Crippen molar-refractivity contribution < 1.29 is 41.5 Å². The van der Waals surface area contributed by atoms with E-state index in [2.05, 4.69) is 4.18 Å². The maximum absolute atomic E-state index is 11.7. The van der Waals surface area contributed by atoms with E-state index in [4.69, 9.17) is 9.68 Å². The van der Waals surface area contributed by atoms with Gasteiger partial charge in [0.15, 0.2) is 5.25 Å². The first kappa shape index (κ1) is 29.1. The summed E-state index contributed by atoms with van der Waals surface area (Å²) in [5.41, 5.74) is -1.26. The summed E-state index contributed by atoms with van der Waals surface area (Å²) in [5.74, 6) is -2.08. The highest BCUT2D eigenvalue weighted by molar-refractivity contribution is 7.88. The van der Waals surface area contributed by atoms with Crippen LogP contribution in [-0.2, 0) is 43.2 Å². The fourth-order valence-corrected chi connectivity index (χ4v) is 3.15. The first-order valence-corrected chi connectivity index (χ1v) is 11.4. The van der Waals surface area contributed by atoms with Crippen LogP contribution >= 0.6 is 0 Å². The van der Waals surface area contributed by atoms with Gasteiger partial charge < -0.3 is 0 Å². The van der Waals surface area contributed by atoms with E-state index in [-0.39, 0.29) is 24.7 Å². The molecule has 2 aliphatic heterocycles. The molecule has 2 heterocycles. The summed E-state index contributed by atoms with van der Waals surface area (Å²) in [4.78, 5) is 55.6. The average Bonchev–Trinajstić information content (AvgIpc) is 3.09. The zero-order chi connectivity index (χ0) is 24.8. The summed E-state index contributed by atoms with van der Waals surface area (Å²) in [6.07, 6.45) is 0.0922. The number of imide groups is 2. The summed E-state index contributed by atoms with van der Waals surface area (Å²) in [7, 11) is -3.12. The van der Waals surface area contributed by atoms with E-state index >= 15 is 0 Å². The number of hydrogen-bond donors (Lipinski definition) is 0. The molecule has 0 aromatic rings.